The molecule has 0 aliphatic heterocycles. The fourth-order valence-corrected chi connectivity index (χ4v) is 0.666. The number of carbonyl (C=O) groups is 2. The van der Waals surface area contributed by atoms with Gasteiger partial charge in [0.25, 0.3) is 0 Å². The molecule has 0 aromatic carbocycles. The van der Waals surface area contributed by atoms with Gasteiger partial charge in [0.15, 0.2) is 0 Å². The third-order valence-corrected chi connectivity index (χ3v) is 1.50. The lowest BCUT2D eigenvalue weighted by atomic mass is 10.1. The molecule has 6 nitrogen and oxygen atoms in total. The summed E-state index contributed by atoms with van der Waals surface area (Å²) >= 11 is 0. The highest BCUT2D eigenvalue weighted by atomic mass is 16.5. The van der Waals surface area contributed by atoms with Crippen LogP contribution < -0.4 is 11.1 Å². The largest absolute Gasteiger partial charge is 0.480 e. The van der Waals surface area contributed by atoms with E-state index in [-0.39, 0.29) is 6.61 Å². The van der Waals surface area contributed by atoms with Gasteiger partial charge in [-0.15, -0.1) is 0 Å². The Kier molecular flexibility index (Phi) is 5.31. The van der Waals surface area contributed by atoms with Crippen LogP contribution >= 0.6 is 0 Å². The van der Waals surface area contributed by atoms with Crippen molar-refractivity contribution >= 4 is 12.1 Å². The van der Waals surface area contributed by atoms with Gasteiger partial charge in [-0.3, -0.25) is 4.79 Å². The molecule has 80 valence electrons. The van der Waals surface area contributed by atoms with E-state index in [0.717, 1.165) is 0 Å². The number of ether oxygens (including phenoxy) is 1. The zero-order chi connectivity index (χ0) is 11.1. The first-order chi connectivity index (χ1) is 6.49. The molecule has 0 bridgehead atoms. The van der Waals surface area contributed by atoms with Crippen LogP contribution in [-0.4, -0.2) is 35.9 Å². The number of nitrogens with one attached hydrogen (secondary N) is 1. The topological polar surface area (TPSA) is 102 Å². The highest BCUT2D eigenvalue weighted by Gasteiger charge is 2.21. The third kappa shape index (κ3) is 4.46. The second-order valence-corrected chi connectivity index (χ2v) is 2.68. The van der Waals surface area contributed by atoms with Crippen LogP contribution in [-0.2, 0) is 9.53 Å². The van der Waals surface area contributed by atoms with Gasteiger partial charge >= 0.3 is 12.1 Å². The van der Waals surface area contributed by atoms with Gasteiger partial charge in [0, 0.05) is 0 Å². The number of hydrogen-bond acceptors (Lipinski definition) is 4. The number of carboxylic acid groups (broad SMARTS) is 1. The van der Waals surface area contributed by atoms with Crippen molar-refractivity contribution in [1.82, 2.24) is 5.32 Å². The minimum absolute atomic E-state index is 0.0703. The van der Waals surface area contributed by atoms with E-state index in [0.29, 0.717) is 0 Å². The summed E-state index contributed by atoms with van der Waals surface area (Å²) in [6.45, 7) is 4.90. The van der Waals surface area contributed by atoms with Crippen LogP contribution in [0.15, 0.2) is 12.7 Å². The summed E-state index contributed by atoms with van der Waals surface area (Å²) in [6, 6.07) is -1.84. The molecular weight excluding hydrogens is 188 g/mol. The number of amides is 1. The second kappa shape index (κ2) is 5.98. The lowest BCUT2D eigenvalue weighted by molar-refractivity contribution is -0.139. The van der Waals surface area contributed by atoms with E-state index >= 15 is 0 Å². The highest BCUT2D eigenvalue weighted by molar-refractivity contribution is 5.76. The molecule has 0 saturated heterocycles. The van der Waals surface area contributed by atoms with Gasteiger partial charge in [0.1, 0.15) is 12.6 Å². The number of carboxylic acids is 1. The zero-order valence-corrected chi connectivity index (χ0v) is 7.90. The predicted molar refractivity (Wildman–Crippen MR) is 49.8 cm³/mol. The van der Waals surface area contributed by atoms with Gasteiger partial charge in [-0.25, -0.2) is 4.79 Å². The summed E-state index contributed by atoms with van der Waals surface area (Å²) in [7, 11) is 0. The van der Waals surface area contributed by atoms with Crippen molar-refractivity contribution in [3.8, 4) is 0 Å². The number of carbonyl (C=O) groups excluding carboxylic acids is 1. The van der Waals surface area contributed by atoms with Crippen molar-refractivity contribution in [2.45, 2.75) is 19.0 Å². The van der Waals surface area contributed by atoms with E-state index in [1.165, 1.54) is 13.0 Å². The van der Waals surface area contributed by atoms with Gasteiger partial charge in [-0.05, 0) is 6.92 Å². The molecule has 14 heavy (non-hydrogen) atoms. The summed E-state index contributed by atoms with van der Waals surface area (Å²) in [5.74, 6) is -1.18. The van der Waals surface area contributed by atoms with Gasteiger partial charge < -0.3 is 20.9 Å². The number of alkyl carbamates (subject to hydrolysis) is 1. The molecular formula is C8H14N2O4. The third-order valence-electron chi connectivity index (χ3n) is 1.50. The monoisotopic (exact) mass is 202 g/mol. The van der Waals surface area contributed by atoms with E-state index in [1.54, 1.807) is 0 Å². The molecule has 0 aliphatic rings. The number of rotatable bonds is 5. The minimum Gasteiger partial charge on any atom is -0.480 e. The van der Waals surface area contributed by atoms with Gasteiger partial charge in [0.2, 0.25) is 0 Å². The Morgan fingerprint density at radius 2 is 2.29 bits per heavy atom. The van der Waals surface area contributed by atoms with Crippen LogP contribution in [0.2, 0.25) is 0 Å². The van der Waals surface area contributed by atoms with Crippen molar-refractivity contribution in [3.63, 3.8) is 0 Å². The van der Waals surface area contributed by atoms with Crippen LogP contribution in [0.25, 0.3) is 0 Å². The van der Waals surface area contributed by atoms with Crippen LogP contribution in [0, 0.1) is 0 Å². The molecule has 1 amide bonds. The second-order valence-electron chi connectivity index (χ2n) is 2.68. The first kappa shape index (κ1) is 12.4. The summed E-state index contributed by atoms with van der Waals surface area (Å²) in [6.07, 6.45) is 0.690. The number of hydrogen-bond donors (Lipinski definition) is 3. The molecule has 0 aromatic heterocycles. The lowest BCUT2D eigenvalue weighted by Crippen LogP contribution is -2.50. The molecule has 0 aliphatic carbocycles. The standard InChI is InChI=1S/C8H14N2O4/c1-3-4-14-8(13)10-5(2)6(9)7(11)12/h3,5-6H,1,4,9H2,2H3,(H,10,13)(H,11,12)/t5-,6-/m0/s1. The normalized spacial score (nSPS) is 13.9. The molecule has 0 radical (unpaired) electrons. The molecule has 0 rings (SSSR count). The quantitative estimate of drug-likeness (QED) is 0.531. The van der Waals surface area contributed by atoms with Crippen LogP contribution in [0.4, 0.5) is 4.79 Å². The van der Waals surface area contributed by atoms with Crippen molar-refractivity contribution in [3.05, 3.63) is 12.7 Å². The maximum Gasteiger partial charge on any atom is 0.407 e. The average molecular weight is 202 g/mol. The molecule has 2 atom stereocenters. The van der Waals surface area contributed by atoms with Crippen molar-refractivity contribution in [2.24, 2.45) is 5.73 Å². The Labute approximate surface area is 81.7 Å². The molecule has 0 unspecified atom stereocenters. The van der Waals surface area contributed by atoms with Gasteiger partial charge in [-0.2, -0.15) is 0 Å². The first-order valence-electron chi connectivity index (χ1n) is 4.01. The Morgan fingerprint density at radius 1 is 1.71 bits per heavy atom. The van der Waals surface area contributed by atoms with Crippen molar-refractivity contribution in [2.75, 3.05) is 6.61 Å². The number of nitrogens with two attached hydrogens (primary N) is 1. The molecule has 0 heterocycles. The van der Waals surface area contributed by atoms with Gasteiger partial charge in [0.05, 0.1) is 6.04 Å². The Hall–Kier alpha value is -1.56. The van der Waals surface area contributed by atoms with Crippen molar-refractivity contribution in [1.29, 1.82) is 0 Å². The number of aliphatic carboxylic acids is 1. The van der Waals surface area contributed by atoms with E-state index < -0.39 is 24.1 Å². The lowest BCUT2D eigenvalue weighted by Gasteiger charge is -2.16. The Balaban J connectivity index is 3.92. The minimum atomic E-state index is -1.18. The molecule has 0 aromatic rings. The van der Waals surface area contributed by atoms with Crippen LogP contribution in [0.5, 0.6) is 0 Å². The Morgan fingerprint density at radius 3 is 2.71 bits per heavy atom. The molecule has 6 heteroatoms. The van der Waals surface area contributed by atoms with E-state index in [4.69, 9.17) is 10.8 Å². The molecule has 4 N–H and O–H groups in total. The van der Waals surface area contributed by atoms with E-state index in [2.05, 4.69) is 16.6 Å². The maximum absolute atomic E-state index is 10.9. The maximum atomic E-state index is 10.9. The summed E-state index contributed by atoms with van der Waals surface area (Å²) < 4.78 is 4.58. The summed E-state index contributed by atoms with van der Waals surface area (Å²) in [5.41, 5.74) is 5.25. The molecule has 0 spiro atoms. The smallest absolute Gasteiger partial charge is 0.407 e. The molecule has 0 fully saturated rings. The van der Waals surface area contributed by atoms with E-state index in [9.17, 15) is 9.59 Å². The average Bonchev–Trinajstić information content (AvgIpc) is 2.13. The Bertz CT molecular complexity index is 229. The van der Waals surface area contributed by atoms with Crippen LogP contribution in [0.3, 0.4) is 0 Å². The zero-order valence-electron chi connectivity index (χ0n) is 7.90. The molecule has 0 saturated carbocycles. The predicted octanol–water partition coefficient (Wildman–Crippen LogP) is -0.301. The summed E-state index contributed by atoms with van der Waals surface area (Å²) in [4.78, 5) is 21.3. The van der Waals surface area contributed by atoms with Gasteiger partial charge in [-0.1, -0.05) is 12.7 Å². The van der Waals surface area contributed by atoms with Crippen molar-refractivity contribution < 1.29 is 19.4 Å². The SMILES string of the molecule is C=CCOC(=O)N[C@@H](C)[C@H](N)C(=O)O. The van der Waals surface area contributed by atoms with Crippen LogP contribution in [0.1, 0.15) is 6.92 Å². The van der Waals surface area contributed by atoms with E-state index in [1.807, 2.05) is 0 Å². The summed E-state index contributed by atoms with van der Waals surface area (Å²) in [5, 5.41) is 10.8. The fraction of sp³-hybridized carbons (Fsp3) is 0.500. The highest BCUT2D eigenvalue weighted by Crippen LogP contribution is 1.91. The first-order valence-corrected chi connectivity index (χ1v) is 4.01. The fourth-order valence-electron chi connectivity index (χ4n) is 0.666.